The quantitative estimate of drug-likeness (QED) is 0.544. The van der Waals surface area contributed by atoms with Crippen LogP contribution in [0.15, 0.2) is 0 Å². The van der Waals surface area contributed by atoms with Crippen molar-refractivity contribution in [2.75, 3.05) is 39.3 Å². The second-order valence-electron chi connectivity index (χ2n) is 4.27. The van der Waals surface area contributed by atoms with E-state index in [0.29, 0.717) is 13.2 Å². The molecule has 0 aromatic heterocycles. The lowest BCUT2D eigenvalue weighted by molar-refractivity contribution is 0.00632. The molecule has 0 amide bonds. The average molecular weight is 232 g/mol. The van der Waals surface area contributed by atoms with Crippen molar-refractivity contribution in [1.29, 1.82) is 0 Å². The average Bonchev–Trinajstić information content (AvgIpc) is 2.26. The minimum atomic E-state index is -0.404. The molecule has 0 heterocycles. The van der Waals surface area contributed by atoms with Crippen LogP contribution in [0.25, 0.3) is 0 Å². The van der Waals surface area contributed by atoms with E-state index in [0.717, 1.165) is 26.2 Å². The first-order chi connectivity index (χ1) is 7.60. The summed E-state index contributed by atoms with van der Waals surface area (Å²) in [6.07, 6.45) is -0.218. The Labute approximate surface area is 100.0 Å². The van der Waals surface area contributed by atoms with Crippen LogP contribution in [0.5, 0.6) is 0 Å². The third-order valence-corrected chi connectivity index (χ3v) is 2.50. The van der Waals surface area contributed by atoms with E-state index >= 15 is 0 Å². The summed E-state index contributed by atoms with van der Waals surface area (Å²) in [4.78, 5) is 2.35. The molecule has 4 nitrogen and oxygen atoms in total. The van der Waals surface area contributed by atoms with Gasteiger partial charge in [-0.3, -0.25) is 0 Å². The van der Waals surface area contributed by atoms with Gasteiger partial charge in [-0.2, -0.15) is 0 Å². The normalized spacial score (nSPS) is 13.7. The van der Waals surface area contributed by atoms with Crippen molar-refractivity contribution in [1.82, 2.24) is 10.2 Å². The Kier molecular flexibility index (Phi) is 9.92. The predicted molar refractivity (Wildman–Crippen MR) is 67.8 cm³/mol. The summed E-state index contributed by atoms with van der Waals surface area (Å²) in [6, 6.07) is 0. The highest BCUT2D eigenvalue weighted by atomic mass is 16.5. The monoisotopic (exact) mass is 232 g/mol. The molecular formula is C12H28N2O2. The minimum absolute atomic E-state index is 0.185. The first kappa shape index (κ1) is 15.8. The van der Waals surface area contributed by atoms with Gasteiger partial charge in [0.05, 0.1) is 18.8 Å². The molecule has 0 radical (unpaired) electrons. The van der Waals surface area contributed by atoms with Gasteiger partial charge in [-0.15, -0.1) is 0 Å². The fourth-order valence-electron chi connectivity index (χ4n) is 1.41. The fourth-order valence-corrected chi connectivity index (χ4v) is 1.41. The maximum absolute atomic E-state index is 9.58. The zero-order chi connectivity index (χ0) is 12.4. The number of rotatable bonds is 10. The lowest BCUT2D eigenvalue weighted by Crippen LogP contribution is -2.37. The fraction of sp³-hybridized carbons (Fsp3) is 1.00. The van der Waals surface area contributed by atoms with Gasteiger partial charge in [0, 0.05) is 19.6 Å². The summed E-state index contributed by atoms with van der Waals surface area (Å²) >= 11 is 0. The second kappa shape index (κ2) is 10.0. The van der Waals surface area contributed by atoms with Gasteiger partial charge in [-0.25, -0.2) is 0 Å². The molecule has 4 heteroatoms. The van der Waals surface area contributed by atoms with E-state index in [1.807, 2.05) is 13.8 Å². The van der Waals surface area contributed by atoms with Gasteiger partial charge in [0.2, 0.25) is 0 Å². The minimum Gasteiger partial charge on any atom is -0.389 e. The number of aliphatic hydroxyl groups is 1. The molecule has 98 valence electrons. The molecular weight excluding hydrogens is 204 g/mol. The Morgan fingerprint density at radius 3 is 2.38 bits per heavy atom. The molecule has 2 N–H and O–H groups in total. The largest absolute Gasteiger partial charge is 0.389 e. The van der Waals surface area contributed by atoms with Crippen molar-refractivity contribution >= 4 is 0 Å². The van der Waals surface area contributed by atoms with Gasteiger partial charge in [-0.05, 0) is 26.9 Å². The van der Waals surface area contributed by atoms with Gasteiger partial charge in [0.15, 0.2) is 0 Å². The van der Waals surface area contributed by atoms with Crippen molar-refractivity contribution in [3.05, 3.63) is 0 Å². The lowest BCUT2D eigenvalue weighted by atomic mass is 10.3. The Morgan fingerprint density at radius 2 is 1.88 bits per heavy atom. The Hall–Kier alpha value is -0.160. The summed E-state index contributed by atoms with van der Waals surface area (Å²) < 4.78 is 5.32. The summed E-state index contributed by atoms with van der Waals surface area (Å²) in [6.45, 7) is 13.4. The molecule has 0 fully saturated rings. The number of aliphatic hydroxyl groups excluding tert-OH is 1. The first-order valence-corrected chi connectivity index (χ1v) is 6.32. The van der Waals surface area contributed by atoms with Gasteiger partial charge in [-0.1, -0.05) is 13.8 Å². The molecule has 0 aromatic rings. The summed E-state index contributed by atoms with van der Waals surface area (Å²) in [5, 5.41) is 12.8. The van der Waals surface area contributed by atoms with Crippen LogP contribution in [0, 0.1) is 0 Å². The van der Waals surface area contributed by atoms with E-state index in [1.165, 1.54) is 0 Å². The maximum Gasteiger partial charge on any atom is 0.0897 e. The van der Waals surface area contributed by atoms with Crippen LogP contribution in [-0.4, -0.2) is 61.5 Å². The highest BCUT2D eigenvalue weighted by Crippen LogP contribution is 1.91. The van der Waals surface area contributed by atoms with Gasteiger partial charge in [0.1, 0.15) is 0 Å². The van der Waals surface area contributed by atoms with Crippen molar-refractivity contribution in [2.45, 2.75) is 39.9 Å². The third-order valence-electron chi connectivity index (χ3n) is 2.50. The molecule has 0 aromatic carbocycles. The lowest BCUT2D eigenvalue weighted by Gasteiger charge is -2.19. The molecule has 0 aliphatic rings. The van der Waals surface area contributed by atoms with E-state index in [-0.39, 0.29) is 6.10 Å². The molecule has 0 saturated carbocycles. The summed E-state index contributed by atoms with van der Waals surface area (Å²) in [5.41, 5.74) is 0. The topological polar surface area (TPSA) is 44.7 Å². The standard InChI is InChI=1S/C12H28N2O2/c1-5-14(6-2)8-7-13-9-12(15)10-16-11(3)4/h11-13,15H,5-10H2,1-4H3. The summed E-state index contributed by atoms with van der Waals surface area (Å²) in [5.74, 6) is 0. The van der Waals surface area contributed by atoms with Gasteiger partial charge >= 0.3 is 0 Å². The molecule has 0 bridgehead atoms. The van der Waals surface area contributed by atoms with Crippen molar-refractivity contribution in [2.24, 2.45) is 0 Å². The predicted octanol–water partition coefficient (Wildman–Crippen LogP) is 0.704. The van der Waals surface area contributed by atoms with E-state index in [9.17, 15) is 5.11 Å². The molecule has 16 heavy (non-hydrogen) atoms. The molecule has 0 aliphatic heterocycles. The van der Waals surface area contributed by atoms with Crippen LogP contribution in [0.3, 0.4) is 0 Å². The van der Waals surface area contributed by atoms with E-state index in [1.54, 1.807) is 0 Å². The zero-order valence-corrected chi connectivity index (χ0v) is 11.2. The smallest absolute Gasteiger partial charge is 0.0897 e. The molecule has 0 aliphatic carbocycles. The van der Waals surface area contributed by atoms with Crippen LogP contribution < -0.4 is 5.32 Å². The third kappa shape index (κ3) is 9.09. The van der Waals surface area contributed by atoms with Crippen molar-refractivity contribution < 1.29 is 9.84 Å². The molecule has 0 spiro atoms. The molecule has 0 saturated heterocycles. The van der Waals surface area contributed by atoms with Crippen LogP contribution in [-0.2, 0) is 4.74 Å². The van der Waals surface area contributed by atoms with Crippen LogP contribution in [0.2, 0.25) is 0 Å². The van der Waals surface area contributed by atoms with Gasteiger partial charge in [0.25, 0.3) is 0 Å². The second-order valence-corrected chi connectivity index (χ2v) is 4.27. The zero-order valence-electron chi connectivity index (χ0n) is 11.2. The Bertz CT molecular complexity index is 150. The molecule has 1 atom stereocenters. The molecule has 1 unspecified atom stereocenters. The number of nitrogens with one attached hydrogen (secondary N) is 1. The van der Waals surface area contributed by atoms with Crippen LogP contribution >= 0.6 is 0 Å². The van der Waals surface area contributed by atoms with Crippen LogP contribution in [0.4, 0.5) is 0 Å². The number of likely N-dealkylation sites (N-methyl/N-ethyl adjacent to an activating group) is 1. The SMILES string of the molecule is CCN(CC)CCNCC(O)COC(C)C. The maximum atomic E-state index is 9.58. The van der Waals surface area contributed by atoms with Crippen molar-refractivity contribution in [3.8, 4) is 0 Å². The van der Waals surface area contributed by atoms with E-state index in [4.69, 9.17) is 4.74 Å². The van der Waals surface area contributed by atoms with E-state index in [2.05, 4.69) is 24.1 Å². The van der Waals surface area contributed by atoms with Gasteiger partial charge < -0.3 is 20.1 Å². The first-order valence-electron chi connectivity index (χ1n) is 6.32. The number of hydrogen-bond donors (Lipinski definition) is 2. The highest BCUT2D eigenvalue weighted by Gasteiger charge is 2.05. The van der Waals surface area contributed by atoms with E-state index < -0.39 is 6.10 Å². The Balaban J connectivity index is 3.36. The number of nitrogens with zero attached hydrogens (tertiary/aromatic N) is 1. The van der Waals surface area contributed by atoms with Crippen LogP contribution in [0.1, 0.15) is 27.7 Å². The number of ether oxygens (including phenoxy) is 1. The number of hydrogen-bond acceptors (Lipinski definition) is 4. The Morgan fingerprint density at radius 1 is 1.25 bits per heavy atom. The molecule has 0 rings (SSSR count). The summed E-state index contributed by atoms with van der Waals surface area (Å²) in [7, 11) is 0. The van der Waals surface area contributed by atoms with Crippen molar-refractivity contribution in [3.63, 3.8) is 0 Å². The highest BCUT2D eigenvalue weighted by molar-refractivity contribution is 4.61.